The van der Waals surface area contributed by atoms with Gasteiger partial charge in [0, 0.05) is 32.1 Å². The van der Waals surface area contributed by atoms with Crippen LogP contribution >= 0.6 is 0 Å². The van der Waals surface area contributed by atoms with Gasteiger partial charge in [-0.25, -0.2) is 0 Å². The summed E-state index contributed by atoms with van der Waals surface area (Å²) in [4.78, 5) is 17.3. The van der Waals surface area contributed by atoms with Gasteiger partial charge in [-0.15, -0.1) is 0 Å². The van der Waals surface area contributed by atoms with E-state index in [0.29, 0.717) is 12.5 Å². The normalized spacial score (nSPS) is 22.6. The summed E-state index contributed by atoms with van der Waals surface area (Å²) in [6.45, 7) is 8.97. The van der Waals surface area contributed by atoms with Crippen molar-refractivity contribution in [3.63, 3.8) is 0 Å². The first-order chi connectivity index (χ1) is 12.7. The summed E-state index contributed by atoms with van der Waals surface area (Å²) in [6.07, 6.45) is 6.62. The zero-order valence-electron chi connectivity index (χ0n) is 16.3. The van der Waals surface area contributed by atoms with Crippen molar-refractivity contribution >= 4 is 5.91 Å². The molecule has 0 aliphatic carbocycles. The first-order valence-corrected chi connectivity index (χ1v) is 10.5. The van der Waals surface area contributed by atoms with Crippen LogP contribution in [0.2, 0.25) is 0 Å². The predicted octanol–water partition coefficient (Wildman–Crippen LogP) is 3.28. The van der Waals surface area contributed by atoms with E-state index in [1.807, 2.05) is 0 Å². The largest absolute Gasteiger partial charge is 0.352 e. The summed E-state index contributed by atoms with van der Waals surface area (Å²) in [5.41, 5.74) is 1.36. The second kappa shape index (κ2) is 10.1. The van der Waals surface area contributed by atoms with E-state index < -0.39 is 0 Å². The second-order valence-electron chi connectivity index (χ2n) is 8.10. The van der Waals surface area contributed by atoms with Crippen LogP contribution in [0.1, 0.15) is 51.0 Å². The van der Waals surface area contributed by atoms with E-state index in [1.54, 1.807) is 0 Å². The van der Waals surface area contributed by atoms with E-state index in [4.69, 9.17) is 0 Å². The zero-order chi connectivity index (χ0) is 18.2. The van der Waals surface area contributed by atoms with Gasteiger partial charge in [-0.2, -0.15) is 0 Å². The minimum absolute atomic E-state index is 0.257. The zero-order valence-corrected chi connectivity index (χ0v) is 16.3. The summed E-state index contributed by atoms with van der Waals surface area (Å²) in [5, 5.41) is 3.27. The lowest BCUT2D eigenvalue weighted by Crippen LogP contribution is -2.38. The van der Waals surface area contributed by atoms with E-state index in [1.165, 1.54) is 44.5 Å². The Bertz CT molecular complexity index is 540. The summed E-state index contributed by atoms with van der Waals surface area (Å²) in [5.74, 6) is 1.000. The molecule has 2 saturated heterocycles. The topological polar surface area (TPSA) is 35.6 Å². The standard InChI is InChI=1S/C22H35N3O/c1-2-13-24-14-10-19(11-15-24)8-9-22(26)23-21-12-16-25(18-21)17-20-6-4-3-5-7-20/h3-7,19,21H,2,8-18H2,1H3,(H,23,26)/t21-/m1/s1. The lowest BCUT2D eigenvalue weighted by Gasteiger charge is -2.31. The first kappa shape index (κ1) is 19.4. The number of hydrogen-bond acceptors (Lipinski definition) is 3. The Balaban J connectivity index is 1.31. The fraction of sp³-hybridized carbons (Fsp3) is 0.682. The van der Waals surface area contributed by atoms with Gasteiger partial charge in [-0.1, -0.05) is 37.3 Å². The number of benzene rings is 1. The predicted molar refractivity (Wildman–Crippen MR) is 107 cm³/mol. The van der Waals surface area contributed by atoms with Crippen molar-refractivity contribution in [3.05, 3.63) is 35.9 Å². The molecule has 1 amide bonds. The van der Waals surface area contributed by atoms with Crippen molar-refractivity contribution in [2.24, 2.45) is 5.92 Å². The Morgan fingerprint density at radius 3 is 2.54 bits per heavy atom. The number of carbonyl (C=O) groups is 1. The lowest BCUT2D eigenvalue weighted by atomic mass is 9.92. The second-order valence-corrected chi connectivity index (χ2v) is 8.10. The van der Waals surface area contributed by atoms with Crippen molar-refractivity contribution < 1.29 is 4.79 Å². The average Bonchev–Trinajstić information content (AvgIpc) is 3.09. The highest BCUT2D eigenvalue weighted by Gasteiger charge is 2.24. The number of hydrogen-bond donors (Lipinski definition) is 1. The van der Waals surface area contributed by atoms with Gasteiger partial charge in [-0.3, -0.25) is 9.69 Å². The van der Waals surface area contributed by atoms with Crippen LogP contribution in [0.5, 0.6) is 0 Å². The third-order valence-electron chi connectivity index (χ3n) is 5.91. The van der Waals surface area contributed by atoms with Gasteiger partial charge in [0.15, 0.2) is 0 Å². The fourth-order valence-electron chi connectivity index (χ4n) is 4.39. The van der Waals surface area contributed by atoms with Gasteiger partial charge in [0.05, 0.1) is 0 Å². The van der Waals surface area contributed by atoms with Crippen LogP contribution in [0.15, 0.2) is 30.3 Å². The number of nitrogens with one attached hydrogen (secondary N) is 1. The third kappa shape index (κ3) is 6.10. The van der Waals surface area contributed by atoms with Crippen molar-refractivity contribution in [3.8, 4) is 0 Å². The Labute approximate surface area is 158 Å². The number of carbonyl (C=O) groups excluding carboxylic acids is 1. The van der Waals surface area contributed by atoms with Crippen molar-refractivity contribution in [1.82, 2.24) is 15.1 Å². The lowest BCUT2D eigenvalue weighted by molar-refractivity contribution is -0.122. The van der Waals surface area contributed by atoms with Crippen LogP contribution in [-0.4, -0.2) is 54.5 Å². The maximum absolute atomic E-state index is 12.3. The van der Waals surface area contributed by atoms with Gasteiger partial charge in [-0.05, 0) is 63.2 Å². The molecule has 2 fully saturated rings. The molecule has 4 nitrogen and oxygen atoms in total. The molecule has 4 heteroatoms. The molecular formula is C22H35N3O. The SMILES string of the molecule is CCCN1CCC(CCC(=O)N[C@@H]2CCN(Cc3ccccc3)C2)CC1. The molecule has 2 heterocycles. The van der Waals surface area contributed by atoms with Crippen LogP contribution in [0, 0.1) is 5.92 Å². The number of amides is 1. The molecule has 0 radical (unpaired) electrons. The highest BCUT2D eigenvalue weighted by molar-refractivity contribution is 5.76. The molecule has 0 saturated carbocycles. The maximum Gasteiger partial charge on any atom is 0.220 e. The summed E-state index contributed by atoms with van der Waals surface area (Å²) in [6, 6.07) is 10.9. The molecule has 0 spiro atoms. The molecule has 0 aromatic heterocycles. The molecule has 0 unspecified atom stereocenters. The molecule has 1 N–H and O–H groups in total. The first-order valence-electron chi connectivity index (χ1n) is 10.5. The molecule has 3 rings (SSSR count). The molecule has 1 aromatic carbocycles. The highest BCUT2D eigenvalue weighted by Crippen LogP contribution is 2.22. The van der Waals surface area contributed by atoms with Crippen molar-refractivity contribution in [1.29, 1.82) is 0 Å². The van der Waals surface area contributed by atoms with E-state index >= 15 is 0 Å². The number of likely N-dealkylation sites (tertiary alicyclic amines) is 2. The Morgan fingerprint density at radius 2 is 1.81 bits per heavy atom. The monoisotopic (exact) mass is 357 g/mol. The fourth-order valence-corrected chi connectivity index (χ4v) is 4.39. The Hall–Kier alpha value is -1.39. The Kier molecular flexibility index (Phi) is 7.51. The molecular weight excluding hydrogens is 322 g/mol. The maximum atomic E-state index is 12.3. The average molecular weight is 358 g/mol. The molecule has 1 aromatic rings. The minimum atomic E-state index is 0.257. The quantitative estimate of drug-likeness (QED) is 0.775. The molecule has 144 valence electrons. The van der Waals surface area contributed by atoms with E-state index in [0.717, 1.165) is 38.4 Å². The number of rotatable bonds is 8. The molecule has 2 aliphatic heterocycles. The summed E-state index contributed by atoms with van der Waals surface area (Å²) in [7, 11) is 0. The van der Waals surface area contributed by atoms with Crippen LogP contribution in [-0.2, 0) is 11.3 Å². The molecule has 2 aliphatic rings. The van der Waals surface area contributed by atoms with Crippen molar-refractivity contribution in [2.45, 2.75) is 58.0 Å². The Morgan fingerprint density at radius 1 is 1.08 bits per heavy atom. The third-order valence-corrected chi connectivity index (χ3v) is 5.91. The molecule has 1 atom stereocenters. The molecule has 0 bridgehead atoms. The summed E-state index contributed by atoms with van der Waals surface area (Å²) >= 11 is 0. The minimum Gasteiger partial charge on any atom is -0.352 e. The van der Waals surface area contributed by atoms with Gasteiger partial charge in [0.25, 0.3) is 0 Å². The highest BCUT2D eigenvalue weighted by atomic mass is 16.1. The van der Waals surface area contributed by atoms with Crippen LogP contribution in [0.3, 0.4) is 0 Å². The smallest absolute Gasteiger partial charge is 0.220 e. The number of piperidine rings is 1. The summed E-state index contributed by atoms with van der Waals surface area (Å²) < 4.78 is 0. The van der Waals surface area contributed by atoms with E-state index in [2.05, 4.69) is 52.4 Å². The van der Waals surface area contributed by atoms with Crippen LogP contribution in [0.25, 0.3) is 0 Å². The van der Waals surface area contributed by atoms with Crippen LogP contribution in [0.4, 0.5) is 0 Å². The van der Waals surface area contributed by atoms with Crippen LogP contribution < -0.4 is 5.32 Å². The molecule has 26 heavy (non-hydrogen) atoms. The van der Waals surface area contributed by atoms with Crippen molar-refractivity contribution in [2.75, 3.05) is 32.7 Å². The van der Waals surface area contributed by atoms with E-state index in [-0.39, 0.29) is 5.91 Å². The van der Waals surface area contributed by atoms with Gasteiger partial charge in [0.1, 0.15) is 0 Å². The van der Waals surface area contributed by atoms with E-state index in [9.17, 15) is 4.79 Å². The van der Waals surface area contributed by atoms with Gasteiger partial charge in [0.2, 0.25) is 5.91 Å². The van der Waals surface area contributed by atoms with Gasteiger partial charge < -0.3 is 10.2 Å². The van der Waals surface area contributed by atoms with Gasteiger partial charge >= 0.3 is 0 Å². The number of nitrogens with zero attached hydrogens (tertiary/aromatic N) is 2.